The Balaban J connectivity index is 1.41. The minimum absolute atomic E-state index is 0.0718. The van der Waals surface area contributed by atoms with Crippen molar-refractivity contribution in [3.8, 4) is 0 Å². The normalized spacial score (nSPS) is 17.1. The molecule has 1 aromatic carbocycles. The van der Waals surface area contributed by atoms with E-state index in [1.165, 1.54) is 0 Å². The highest BCUT2D eigenvalue weighted by molar-refractivity contribution is 5.81. The van der Waals surface area contributed by atoms with Crippen molar-refractivity contribution < 1.29 is 9.59 Å². The standard InChI is InChI=1S/C17H21N5O2/c23-16-10-15(12-22(16)11-14-4-2-1-3-5-14)20-17(24)19-7-9-21-8-6-18-13-21/h1-6,8,13,15H,7,9-12H2,(H2,19,20,24)/t15-/m0/s1. The van der Waals surface area contributed by atoms with Crippen molar-refractivity contribution in [2.24, 2.45) is 0 Å². The molecule has 24 heavy (non-hydrogen) atoms. The van der Waals surface area contributed by atoms with Gasteiger partial charge in [0.1, 0.15) is 0 Å². The second kappa shape index (κ2) is 7.63. The predicted octanol–water partition coefficient (Wildman–Crippen LogP) is 0.983. The monoisotopic (exact) mass is 327 g/mol. The number of likely N-dealkylation sites (tertiary alicyclic amines) is 1. The maximum Gasteiger partial charge on any atom is 0.315 e. The molecule has 0 unspecified atom stereocenters. The quantitative estimate of drug-likeness (QED) is 0.830. The van der Waals surface area contributed by atoms with Crippen LogP contribution in [-0.2, 0) is 17.9 Å². The van der Waals surface area contributed by atoms with Crippen molar-refractivity contribution in [1.82, 2.24) is 25.1 Å². The van der Waals surface area contributed by atoms with E-state index in [4.69, 9.17) is 0 Å². The smallest absolute Gasteiger partial charge is 0.315 e. The van der Waals surface area contributed by atoms with Gasteiger partial charge in [-0.05, 0) is 5.56 Å². The van der Waals surface area contributed by atoms with E-state index in [1.807, 2.05) is 41.1 Å². The number of hydrogen-bond donors (Lipinski definition) is 2. The molecule has 0 radical (unpaired) electrons. The highest BCUT2D eigenvalue weighted by Crippen LogP contribution is 2.14. The number of carbonyl (C=O) groups is 2. The number of amides is 3. The van der Waals surface area contributed by atoms with Crippen LogP contribution >= 0.6 is 0 Å². The summed E-state index contributed by atoms with van der Waals surface area (Å²) in [4.78, 5) is 29.7. The van der Waals surface area contributed by atoms with Crippen molar-refractivity contribution in [1.29, 1.82) is 0 Å². The lowest BCUT2D eigenvalue weighted by Crippen LogP contribution is -2.44. The summed E-state index contributed by atoms with van der Waals surface area (Å²) < 4.78 is 1.89. The maximum absolute atomic E-state index is 12.1. The largest absolute Gasteiger partial charge is 0.336 e. The summed E-state index contributed by atoms with van der Waals surface area (Å²) in [5.41, 5.74) is 1.09. The van der Waals surface area contributed by atoms with E-state index in [0.717, 1.165) is 5.56 Å². The molecule has 3 rings (SSSR count). The third kappa shape index (κ3) is 4.34. The van der Waals surface area contributed by atoms with Crippen molar-refractivity contribution in [2.75, 3.05) is 13.1 Å². The van der Waals surface area contributed by atoms with E-state index >= 15 is 0 Å². The van der Waals surface area contributed by atoms with Gasteiger partial charge in [0.05, 0.1) is 12.4 Å². The fraction of sp³-hybridized carbons (Fsp3) is 0.353. The average Bonchev–Trinajstić information content (AvgIpc) is 3.19. The lowest BCUT2D eigenvalue weighted by atomic mass is 10.2. The molecule has 126 valence electrons. The summed E-state index contributed by atoms with van der Waals surface area (Å²) in [7, 11) is 0. The van der Waals surface area contributed by atoms with Crippen molar-refractivity contribution in [2.45, 2.75) is 25.6 Å². The summed E-state index contributed by atoms with van der Waals surface area (Å²) in [5, 5.41) is 5.67. The zero-order chi connectivity index (χ0) is 16.8. The van der Waals surface area contributed by atoms with E-state index in [1.54, 1.807) is 17.4 Å². The van der Waals surface area contributed by atoms with Gasteiger partial charge in [-0.25, -0.2) is 9.78 Å². The fourth-order valence-corrected chi connectivity index (χ4v) is 2.78. The molecule has 0 bridgehead atoms. The van der Waals surface area contributed by atoms with E-state index < -0.39 is 0 Å². The summed E-state index contributed by atoms with van der Waals surface area (Å²) >= 11 is 0. The molecule has 1 aromatic heterocycles. The first-order chi connectivity index (χ1) is 11.7. The van der Waals surface area contributed by atoms with Crippen LogP contribution in [0.5, 0.6) is 0 Å². The molecule has 2 N–H and O–H groups in total. The van der Waals surface area contributed by atoms with Crippen LogP contribution in [0.25, 0.3) is 0 Å². The zero-order valence-electron chi connectivity index (χ0n) is 13.4. The van der Waals surface area contributed by atoms with E-state index in [-0.39, 0.29) is 18.0 Å². The van der Waals surface area contributed by atoms with Gasteiger partial charge in [-0.3, -0.25) is 4.79 Å². The highest BCUT2D eigenvalue weighted by atomic mass is 16.2. The van der Waals surface area contributed by atoms with Gasteiger partial charge in [0.25, 0.3) is 0 Å². The minimum Gasteiger partial charge on any atom is -0.336 e. The molecule has 0 aliphatic carbocycles. The predicted molar refractivity (Wildman–Crippen MR) is 89.0 cm³/mol. The van der Waals surface area contributed by atoms with Crippen LogP contribution in [0.2, 0.25) is 0 Å². The molecule has 1 aliphatic rings. The molecule has 1 fully saturated rings. The second-order valence-corrected chi connectivity index (χ2v) is 5.86. The van der Waals surface area contributed by atoms with E-state index in [0.29, 0.717) is 32.6 Å². The van der Waals surface area contributed by atoms with Crippen molar-refractivity contribution in [3.05, 3.63) is 54.6 Å². The molecule has 7 heteroatoms. The third-order valence-corrected chi connectivity index (χ3v) is 3.98. The molecule has 2 heterocycles. The van der Waals surface area contributed by atoms with Crippen LogP contribution in [0.3, 0.4) is 0 Å². The molecular formula is C17H21N5O2. The molecule has 7 nitrogen and oxygen atoms in total. The summed E-state index contributed by atoms with van der Waals surface area (Å²) in [6, 6.07) is 9.48. The van der Waals surface area contributed by atoms with Crippen LogP contribution in [0.1, 0.15) is 12.0 Å². The Morgan fingerprint density at radius 2 is 2.12 bits per heavy atom. The Bertz CT molecular complexity index is 672. The molecular weight excluding hydrogens is 306 g/mol. The molecule has 0 spiro atoms. The number of urea groups is 1. The first-order valence-corrected chi connectivity index (χ1v) is 8.02. The van der Waals surface area contributed by atoms with Crippen LogP contribution in [0.4, 0.5) is 4.79 Å². The van der Waals surface area contributed by atoms with Gasteiger partial charge in [-0.15, -0.1) is 0 Å². The summed E-state index contributed by atoms with van der Waals surface area (Å²) in [5.74, 6) is 0.0718. The topological polar surface area (TPSA) is 79.3 Å². The van der Waals surface area contributed by atoms with E-state index in [9.17, 15) is 9.59 Å². The number of imidazole rings is 1. The first-order valence-electron chi connectivity index (χ1n) is 8.02. The molecule has 1 saturated heterocycles. The third-order valence-electron chi connectivity index (χ3n) is 3.98. The van der Waals surface area contributed by atoms with Crippen LogP contribution in [0, 0.1) is 0 Å². The van der Waals surface area contributed by atoms with Gasteiger partial charge in [0.15, 0.2) is 0 Å². The second-order valence-electron chi connectivity index (χ2n) is 5.86. The van der Waals surface area contributed by atoms with Crippen molar-refractivity contribution >= 4 is 11.9 Å². The molecule has 1 atom stereocenters. The number of hydrogen-bond acceptors (Lipinski definition) is 3. The van der Waals surface area contributed by atoms with Gasteiger partial charge in [0, 0.05) is 45.0 Å². The lowest BCUT2D eigenvalue weighted by molar-refractivity contribution is -0.128. The van der Waals surface area contributed by atoms with Gasteiger partial charge in [0.2, 0.25) is 5.91 Å². The molecule has 3 amide bonds. The number of carbonyl (C=O) groups excluding carboxylic acids is 2. The first kappa shape index (κ1) is 16.0. The SMILES string of the molecule is O=C(NCCn1ccnc1)N[C@H]1CC(=O)N(Cc2ccccc2)C1. The molecule has 1 aliphatic heterocycles. The molecule has 2 aromatic rings. The van der Waals surface area contributed by atoms with Crippen LogP contribution in [-0.4, -0.2) is 45.5 Å². The van der Waals surface area contributed by atoms with Gasteiger partial charge in [-0.2, -0.15) is 0 Å². The Morgan fingerprint density at radius 3 is 2.88 bits per heavy atom. The zero-order valence-corrected chi connectivity index (χ0v) is 13.4. The highest BCUT2D eigenvalue weighted by Gasteiger charge is 2.30. The maximum atomic E-state index is 12.1. The van der Waals surface area contributed by atoms with Crippen LogP contribution in [0.15, 0.2) is 49.1 Å². The number of aromatic nitrogens is 2. The summed E-state index contributed by atoms with van der Waals surface area (Å²) in [6.45, 7) is 2.30. The van der Waals surface area contributed by atoms with Crippen LogP contribution < -0.4 is 10.6 Å². The number of nitrogens with zero attached hydrogens (tertiary/aromatic N) is 3. The Labute approximate surface area is 140 Å². The Kier molecular flexibility index (Phi) is 5.10. The Hall–Kier alpha value is -2.83. The number of rotatable bonds is 6. The van der Waals surface area contributed by atoms with Gasteiger partial charge in [-0.1, -0.05) is 30.3 Å². The lowest BCUT2D eigenvalue weighted by Gasteiger charge is -2.17. The van der Waals surface area contributed by atoms with Gasteiger partial charge < -0.3 is 20.1 Å². The number of nitrogens with one attached hydrogen (secondary N) is 2. The van der Waals surface area contributed by atoms with E-state index in [2.05, 4.69) is 15.6 Å². The fourth-order valence-electron chi connectivity index (χ4n) is 2.78. The average molecular weight is 327 g/mol. The van der Waals surface area contributed by atoms with Gasteiger partial charge >= 0.3 is 6.03 Å². The molecule has 0 saturated carbocycles. The summed E-state index contributed by atoms with van der Waals surface area (Å²) in [6.07, 6.45) is 5.60. The minimum atomic E-state index is -0.241. The van der Waals surface area contributed by atoms with Crippen molar-refractivity contribution in [3.63, 3.8) is 0 Å². The Morgan fingerprint density at radius 1 is 1.29 bits per heavy atom. The number of benzene rings is 1.